The molecular formula is C18H24N2O. The molecular weight excluding hydrogens is 260 g/mol. The molecule has 0 aromatic heterocycles. The van der Waals surface area contributed by atoms with Crippen molar-refractivity contribution in [2.75, 3.05) is 25.1 Å². The van der Waals surface area contributed by atoms with Gasteiger partial charge in [0.1, 0.15) is 12.4 Å². The minimum absolute atomic E-state index is 0.541. The van der Waals surface area contributed by atoms with Gasteiger partial charge in [-0.2, -0.15) is 0 Å². The predicted molar refractivity (Wildman–Crippen MR) is 89.0 cm³/mol. The van der Waals surface area contributed by atoms with E-state index in [0.29, 0.717) is 13.2 Å². The first-order valence-electron chi connectivity index (χ1n) is 7.30. The molecule has 0 radical (unpaired) electrons. The number of hydrogen-bond donors (Lipinski definition) is 1. The van der Waals surface area contributed by atoms with E-state index in [9.17, 15) is 0 Å². The maximum atomic E-state index is 5.80. The molecule has 2 rings (SSSR count). The largest absolute Gasteiger partial charge is 0.492 e. The van der Waals surface area contributed by atoms with Gasteiger partial charge in [-0.15, -0.1) is 0 Å². The molecule has 0 saturated carbocycles. The Morgan fingerprint density at radius 2 is 1.76 bits per heavy atom. The number of benzene rings is 2. The molecule has 0 aliphatic rings. The van der Waals surface area contributed by atoms with E-state index in [0.717, 1.165) is 17.9 Å². The Morgan fingerprint density at radius 3 is 2.43 bits per heavy atom. The van der Waals surface area contributed by atoms with Crippen molar-refractivity contribution in [1.82, 2.24) is 0 Å². The monoisotopic (exact) mass is 284 g/mol. The fourth-order valence-corrected chi connectivity index (χ4v) is 2.36. The summed E-state index contributed by atoms with van der Waals surface area (Å²) in [5.74, 6) is 0.881. The Hall–Kier alpha value is -2.00. The van der Waals surface area contributed by atoms with Gasteiger partial charge in [0.05, 0.1) is 6.54 Å². The van der Waals surface area contributed by atoms with Crippen LogP contribution in [0, 0.1) is 13.8 Å². The number of rotatable bonds is 6. The average Bonchev–Trinajstić information content (AvgIpc) is 2.46. The maximum Gasteiger partial charge on any atom is 0.119 e. The van der Waals surface area contributed by atoms with E-state index in [2.05, 4.69) is 44.0 Å². The number of likely N-dealkylation sites (N-methyl/N-ethyl adjacent to an activating group) is 1. The highest BCUT2D eigenvalue weighted by Crippen LogP contribution is 2.18. The molecule has 0 fully saturated rings. The van der Waals surface area contributed by atoms with Crippen molar-refractivity contribution in [3.8, 4) is 5.75 Å². The standard InChI is InChI=1S/C18H24N2O/c1-14-9-15(2)11-17(10-14)20(3)7-8-21-18-6-4-5-16(12-18)13-19/h4-6,9-12H,7-8,13,19H2,1-3H3. The number of nitrogens with zero attached hydrogens (tertiary/aromatic N) is 1. The van der Waals surface area contributed by atoms with Crippen molar-refractivity contribution < 1.29 is 4.74 Å². The number of nitrogens with two attached hydrogens (primary N) is 1. The minimum atomic E-state index is 0.541. The van der Waals surface area contributed by atoms with Gasteiger partial charge in [0, 0.05) is 19.3 Å². The first-order chi connectivity index (χ1) is 10.1. The fraction of sp³-hybridized carbons (Fsp3) is 0.333. The molecule has 0 unspecified atom stereocenters. The van der Waals surface area contributed by atoms with Gasteiger partial charge < -0.3 is 15.4 Å². The molecule has 112 valence electrons. The van der Waals surface area contributed by atoms with E-state index in [1.54, 1.807) is 0 Å². The molecule has 2 aromatic rings. The van der Waals surface area contributed by atoms with Gasteiger partial charge >= 0.3 is 0 Å². The molecule has 0 heterocycles. The van der Waals surface area contributed by atoms with Crippen molar-refractivity contribution in [3.05, 3.63) is 59.2 Å². The Morgan fingerprint density at radius 1 is 1.05 bits per heavy atom. The lowest BCUT2D eigenvalue weighted by Gasteiger charge is -2.20. The summed E-state index contributed by atoms with van der Waals surface area (Å²) in [6.45, 7) is 6.28. The number of hydrogen-bond acceptors (Lipinski definition) is 3. The minimum Gasteiger partial charge on any atom is -0.492 e. The highest BCUT2D eigenvalue weighted by Gasteiger charge is 2.03. The van der Waals surface area contributed by atoms with Crippen molar-refractivity contribution >= 4 is 5.69 Å². The van der Waals surface area contributed by atoms with Crippen LogP contribution >= 0.6 is 0 Å². The average molecular weight is 284 g/mol. The Kier molecular flexibility index (Phi) is 5.23. The molecule has 0 aliphatic carbocycles. The van der Waals surface area contributed by atoms with Crippen LogP contribution in [0.1, 0.15) is 16.7 Å². The first-order valence-corrected chi connectivity index (χ1v) is 7.30. The number of aryl methyl sites for hydroxylation is 2. The maximum absolute atomic E-state index is 5.80. The fourth-order valence-electron chi connectivity index (χ4n) is 2.36. The van der Waals surface area contributed by atoms with Crippen molar-refractivity contribution in [3.63, 3.8) is 0 Å². The summed E-state index contributed by atoms with van der Waals surface area (Å²) >= 11 is 0. The van der Waals surface area contributed by atoms with Gasteiger partial charge in [-0.05, 0) is 54.8 Å². The topological polar surface area (TPSA) is 38.5 Å². The molecule has 0 amide bonds. The smallest absolute Gasteiger partial charge is 0.119 e. The lowest BCUT2D eigenvalue weighted by atomic mass is 10.1. The molecule has 3 heteroatoms. The third-order valence-corrected chi connectivity index (χ3v) is 3.48. The summed E-state index contributed by atoms with van der Waals surface area (Å²) < 4.78 is 5.80. The quantitative estimate of drug-likeness (QED) is 0.884. The Bertz CT molecular complexity index is 575. The van der Waals surface area contributed by atoms with E-state index in [-0.39, 0.29) is 0 Å². The molecule has 0 spiro atoms. The highest BCUT2D eigenvalue weighted by molar-refractivity contribution is 5.50. The van der Waals surface area contributed by atoms with Crippen LogP contribution in [-0.4, -0.2) is 20.2 Å². The third-order valence-electron chi connectivity index (χ3n) is 3.48. The third kappa shape index (κ3) is 4.50. The number of anilines is 1. The highest BCUT2D eigenvalue weighted by atomic mass is 16.5. The van der Waals surface area contributed by atoms with Crippen LogP contribution in [0.4, 0.5) is 5.69 Å². The van der Waals surface area contributed by atoms with Crippen molar-refractivity contribution in [1.29, 1.82) is 0 Å². The molecule has 0 aliphatic heterocycles. The van der Waals surface area contributed by atoms with Crippen LogP contribution in [-0.2, 0) is 6.54 Å². The summed E-state index contributed by atoms with van der Waals surface area (Å²) in [7, 11) is 2.09. The number of ether oxygens (including phenoxy) is 1. The van der Waals surface area contributed by atoms with Crippen LogP contribution in [0.15, 0.2) is 42.5 Å². The van der Waals surface area contributed by atoms with Crippen LogP contribution in [0.3, 0.4) is 0 Å². The lowest BCUT2D eigenvalue weighted by Crippen LogP contribution is -2.23. The normalized spacial score (nSPS) is 10.5. The van der Waals surface area contributed by atoms with Crippen LogP contribution in [0.5, 0.6) is 5.75 Å². The second-order valence-corrected chi connectivity index (χ2v) is 5.47. The molecule has 0 atom stereocenters. The molecule has 2 N–H and O–H groups in total. The first kappa shape index (κ1) is 15.4. The molecule has 0 bridgehead atoms. The van der Waals surface area contributed by atoms with Gasteiger partial charge in [0.25, 0.3) is 0 Å². The van der Waals surface area contributed by atoms with Gasteiger partial charge in [0.15, 0.2) is 0 Å². The zero-order valence-electron chi connectivity index (χ0n) is 13.1. The van der Waals surface area contributed by atoms with Gasteiger partial charge in [-0.25, -0.2) is 0 Å². The summed E-state index contributed by atoms with van der Waals surface area (Å²) in [6.07, 6.45) is 0. The van der Waals surface area contributed by atoms with Crippen LogP contribution < -0.4 is 15.4 Å². The van der Waals surface area contributed by atoms with Gasteiger partial charge in [0.2, 0.25) is 0 Å². The summed E-state index contributed by atoms with van der Waals surface area (Å²) in [5, 5.41) is 0. The SMILES string of the molecule is Cc1cc(C)cc(N(C)CCOc2cccc(CN)c2)c1. The van der Waals surface area contributed by atoms with Crippen LogP contribution in [0.25, 0.3) is 0 Å². The van der Waals surface area contributed by atoms with E-state index in [1.165, 1.54) is 16.8 Å². The van der Waals surface area contributed by atoms with E-state index >= 15 is 0 Å². The van der Waals surface area contributed by atoms with E-state index in [4.69, 9.17) is 10.5 Å². The Balaban J connectivity index is 1.90. The van der Waals surface area contributed by atoms with E-state index in [1.807, 2.05) is 24.3 Å². The molecule has 21 heavy (non-hydrogen) atoms. The van der Waals surface area contributed by atoms with Crippen LogP contribution in [0.2, 0.25) is 0 Å². The molecule has 3 nitrogen and oxygen atoms in total. The molecule has 0 saturated heterocycles. The zero-order chi connectivity index (χ0) is 15.2. The predicted octanol–water partition coefficient (Wildman–Crippen LogP) is 3.28. The Labute approximate surface area is 127 Å². The van der Waals surface area contributed by atoms with Gasteiger partial charge in [-0.3, -0.25) is 0 Å². The summed E-state index contributed by atoms with van der Waals surface area (Å²) in [4.78, 5) is 2.22. The van der Waals surface area contributed by atoms with E-state index < -0.39 is 0 Å². The summed E-state index contributed by atoms with van der Waals surface area (Å²) in [5.41, 5.74) is 10.5. The lowest BCUT2D eigenvalue weighted by molar-refractivity contribution is 0.325. The van der Waals surface area contributed by atoms with Crippen molar-refractivity contribution in [2.24, 2.45) is 5.73 Å². The van der Waals surface area contributed by atoms with Crippen molar-refractivity contribution in [2.45, 2.75) is 20.4 Å². The second kappa shape index (κ2) is 7.14. The zero-order valence-corrected chi connectivity index (χ0v) is 13.1. The second-order valence-electron chi connectivity index (χ2n) is 5.47. The molecule has 2 aromatic carbocycles. The van der Waals surface area contributed by atoms with Gasteiger partial charge in [-0.1, -0.05) is 18.2 Å². The summed E-state index contributed by atoms with van der Waals surface area (Å²) in [6, 6.07) is 14.5.